The molecule has 1 atom stereocenters. The molecule has 0 aromatic heterocycles. The van der Waals surface area contributed by atoms with E-state index in [1.54, 1.807) is 0 Å². The molecule has 0 bridgehead atoms. The molecule has 25 heavy (non-hydrogen) atoms. The summed E-state index contributed by atoms with van der Waals surface area (Å²) in [5.41, 5.74) is 0. The lowest BCUT2D eigenvalue weighted by molar-refractivity contribution is 1.49. The van der Waals surface area contributed by atoms with Gasteiger partial charge in [0.2, 0.25) is 0 Å². The Bertz CT molecular complexity index is 863. The van der Waals surface area contributed by atoms with E-state index < -0.39 is 12.1 Å². The van der Waals surface area contributed by atoms with E-state index >= 15 is 0 Å². The lowest BCUT2D eigenvalue weighted by Crippen LogP contribution is -2.21. The minimum atomic E-state index is -1.95. The first-order chi connectivity index (χ1) is 12.1. The Morgan fingerprint density at radius 1 is 0.600 bits per heavy atom. The Labute approximate surface area is 161 Å². The maximum atomic E-state index is 6.42. The largest absolute Gasteiger partial charge is 0.0922 e. The van der Waals surface area contributed by atoms with Gasteiger partial charge in [0.05, 0.1) is 0 Å². The van der Waals surface area contributed by atoms with Gasteiger partial charge in [0.15, 0.2) is 0 Å². The molecule has 0 heterocycles. The fraction of sp³-hybridized carbons (Fsp3) is 0.143. The van der Waals surface area contributed by atoms with Crippen molar-refractivity contribution in [1.29, 1.82) is 0 Å². The van der Waals surface area contributed by atoms with Crippen LogP contribution in [0.15, 0.2) is 91.0 Å². The molecule has 0 spiro atoms. The van der Waals surface area contributed by atoms with E-state index in [0.29, 0.717) is 0 Å². The summed E-state index contributed by atoms with van der Waals surface area (Å²) < 4.78 is 0. The van der Waals surface area contributed by atoms with E-state index in [9.17, 15) is 0 Å². The molecule has 0 radical (unpaired) electrons. The van der Waals surface area contributed by atoms with Crippen LogP contribution < -0.4 is 15.9 Å². The highest BCUT2D eigenvalue weighted by Crippen LogP contribution is 2.59. The summed E-state index contributed by atoms with van der Waals surface area (Å²) >= 11 is 12.7. The molecule has 0 saturated carbocycles. The quantitative estimate of drug-likeness (QED) is 0.540. The van der Waals surface area contributed by atoms with Crippen LogP contribution in [0.5, 0.6) is 0 Å². The zero-order valence-corrected chi connectivity index (χ0v) is 17.7. The third-order valence-electron chi connectivity index (χ3n) is 4.51. The van der Waals surface area contributed by atoms with Crippen molar-refractivity contribution in [2.24, 2.45) is 0 Å². The minimum Gasteiger partial charge on any atom is -0.0922 e. The summed E-state index contributed by atoms with van der Waals surface area (Å²) in [6, 6.07) is 28.2. The van der Waals surface area contributed by atoms with Gasteiger partial charge in [-0.25, -0.2) is 0 Å². The lowest BCUT2D eigenvalue weighted by Gasteiger charge is -2.31. The predicted octanol–water partition coefficient (Wildman–Crippen LogP) is 4.90. The summed E-state index contributed by atoms with van der Waals surface area (Å²) in [4.78, 5) is 0. The van der Waals surface area contributed by atoms with Crippen LogP contribution in [0.25, 0.3) is 0 Å². The molecular formula is C21H22P2S2. The summed E-state index contributed by atoms with van der Waals surface area (Å²) in [6.07, 6.45) is 1.00. The summed E-state index contributed by atoms with van der Waals surface area (Å²) in [7, 11) is 0. The molecule has 0 aliphatic rings. The third kappa shape index (κ3) is 4.04. The van der Waals surface area contributed by atoms with Gasteiger partial charge >= 0.3 is 0 Å². The van der Waals surface area contributed by atoms with Crippen molar-refractivity contribution in [2.45, 2.75) is 6.92 Å². The number of hydrogen-bond donors (Lipinski definition) is 0. The standard InChI is InChI=1S/C21H22P2S2/c1-2-22(24,19-12-6-3-7-13-19)18-23(25,20-14-8-4-9-15-20)21-16-10-5-11-17-21/h3-17H,2,18H2,1H3. The second kappa shape index (κ2) is 8.11. The second-order valence-corrected chi connectivity index (χ2v) is 16.6. The van der Waals surface area contributed by atoms with E-state index in [0.717, 1.165) is 12.1 Å². The van der Waals surface area contributed by atoms with Gasteiger partial charge in [0.1, 0.15) is 0 Å². The Kier molecular flexibility index (Phi) is 6.08. The van der Waals surface area contributed by atoms with Crippen molar-refractivity contribution < 1.29 is 0 Å². The highest BCUT2D eigenvalue weighted by molar-refractivity contribution is 8.30. The van der Waals surface area contributed by atoms with Crippen molar-refractivity contribution in [3.63, 3.8) is 0 Å². The molecule has 0 fully saturated rings. The molecule has 3 aromatic carbocycles. The summed E-state index contributed by atoms with van der Waals surface area (Å²) in [6.45, 7) is 2.23. The van der Waals surface area contributed by atoms with Crippen LogP contribution >= 0.6 is 12.1 Å². The van der Waals surface area contributed by atoms with Crippen molar-refractivity contribution in [3.05, 3.63) is 91.0 Å². The van der Waals surface area contributed by atoms with Gasteiger partial charge in [0.25, 0.3) is 0 Å². The van der Waals surface area contributed by atoms with E-state index in [4.69, 9.17) is 23.6 Å². The minimum absolute atomic E-state index is 0.930. The van der Waals surface area contributed by atoms with Gasteiger partial charge in [-0.1, -0.05) is 122 Å². The molecule has 4 heteroatoms. The maximum Gasteiger partial charge on any atom is 0.0174 e. The first-order valence-electron chi connectivity index (χ1n) is 8.42. The molecule has 128 valence electrons. The van der Waals surface area contributed by atoms with Crippen molar-refractivity contribution in [1.82, 2.24) is 0 Å². The van der Waals surface area contributed by atoms with Crippen LogP contribution in [-0.2, 0) is 23.6 Å². The van der Waals surface area contributed by atoms with E-state index in [1.807, 2.05) is 0 Å². The Balaban J connectivity index is 2.14. The number of benzene rings is 3. The summed E-state index contributed by atoms with van der Waals surface area (Å²) in [5, 5.41) is 3.86. The lowest BCUT2D eigenvalue weighted by atomic mass is 10.4. The molecule has 0 saturated heterocycles. The molecule has 0 amide bonds. The van der Waals surface area contributed by atoms with Gasteiger partial charge in [-0.3, -0.25) is 0 Å². The molecule has 0 N–H and O–H groups in total. The fourth-order valence-electron chi connectivity index (χ4n) is 3.04. The number of hydrogen-bond acceptors (Lipinski definition) is 2. The van der Waals surface area contributed by atoms with Crippen LogP contribution in [0.4, 0.5) is 0 Å². The molecule has 0 aliphatic carbocycles. The average molecular weight is 400 g/mol. The Morgan fingerprint density at radius 2 is 0.960 bits per heavy atom. The zero-order valence-electron chi connectivity index (χ0n) is 14.3. The van der Waals surface area contributed by atoms with E-state index in [-0.39, 0.29) is 0 Å². The first kappa shape index (κ1) is 18.7. The topological polar surface area (TPSA) is 0 Å². The first-order valence-corrected chi connectivity index (χ1v) is 14.6. The SMILES string of the molecule is CCP(=S)(CP(=S)(c1ccccc1)c1ccccc1)c1ccccc1. The van der Waals surface area contributed by atoms with E-state index in [2.05, 4.69) is 97.9 Å². The van der Waals surface area contributed by atoms with Crippen LogP contribution in [0.2, 0.25) is 0 Å². The maximum absolute atomic E-state index is 6.42. The smallest absolute Gasteiger partial charge is 0.0174 e. The predicted molar refractivity (Wildman–Crippen MR) is 122 cm³/mol. The van der Waals surface area contributed by atoms with Crippen LogP contribution in [0, 0.1) is 0 Å². The van der Waals surface area contributed by atoms with Crippen molar-refractivity contribution >= 4 is 51.6 Å². The van der Waals surface area contributed by atoms with Gasteiger partial charge < -0.3 is 0 Å². The highest BCUT2D eigenvalue weighted by Gasteiger charge is 2.30. The second-order valence-electron chi connectivity index (χ2n) is 6.09. The molecule has 1 unspecified atom stereocenters. The Morgan fingerprint density at radius 3 is 1.32 bits per heavy atom. The Hall–Kier alpha value is -1.04. The van der Waals surface area contributed by atoms with Crippen LogP contribution in [0.1, 0.15) is 6.92 Å². The van der Waals surface area contributed by atoms with Crippen molar-refractivity contribution in [3.8, 4) is 0 Å². The monoisotopic (exact) mass is 400 g/mol. The van der Waals surface area contributed by atoms with Gasteiger partial charge in [-0.15, -0.1) is 0 Å². The normalized spacial score (nSPS) is 14.0. The van der Waals surface area contributed by atoms with Crippen LogP contribution in [-0.4, -0.2) is 12.1 Å². The molecule has 0 aliphatic heterocycles. The van der Waals surface area contributed by atoms with Gasteiger partial charge in [-0.2, -0.15) is 0 Å². The highest BCUT2D eigenvalue weighted by atomic mass is 32.5. The molecule has 0 nitrogen and oxygen atoms in total. The number of rotatable bonds is 6. The average Bonchev–Trinajstić information content (AvgIpc) is 2.70. The van der Waals surface area contributed by atoms with E-state index in [1.165, 1.54) is 15.9 Å². The fourth-order valence-corrected chi connectivity index (χ4v) is 16.1. The van der Waals surface area contributed by atoms with Gasteiger partial charge in [-0.05, 0) is 28.1 Å². The molecule has 3 rings (SSSR count). The third-order valence-corrected chi connectivity index (χ3v) is 17.2. The van der Waals surface area contributed by atoms with Gasteiger partial charge in [0, 0.05) is 11.9 Å². The van der Waals surface area contributed by atoms with Crippen LogP contribution in [0.3, 0.4) is 0 Å². The van der Waals surface area contributed by atoms with Crippen molar-refractivity contribution in [2.75, 3.05) is 12.1 Å². The molecular weight excluding hydrogens is 378 g/mol. The summed E-state index contributed by atoms with van der Waals surface area (Å²) in [5.74, 6) is 0.930. The molecule has 3 aromatic rings. The zero-order chi connectivity index (χ0) is 17.8.